The molecule has 1 saturated carbocycles. The molecular formula is C20H26N4O3. The van der Waals surface area contributed by atoms with Gasteiger partial charge in [-0.25, -0.2) is 4.79 Å². The van der Waals surface area contributed by atoms with Gasteiger partial charge in [-0.05, 0) is 37.1 Å². The lowest BCUT2D eigenvalue weighted by Gasteiger charge is -2.26. The molecule has 1 N–H and O–H groups in total. The second kappa shape index (κ2) is 7.98. The Morgan fingerprint density at radius 3 is 2.67 bits per heavy atom. The largest absolute Gasteiger partial charge is 0.489 e. The summed E-state index contributed by atoms with van der Waals surface area (Å²) < 4.78 is 11.1. The van der Waals surface area contributed by atoms with Gasteiger partial charge in [0, 0.05) is 31.5 Å². The second-order valence-corrected chi connectivity index (χ2v) is 7.42. The highest BCUT2D eigenvalue weighted by atomic mass is 16.5. The number of benzene rings is 1. The highest BCUT2D eigenvalue weighted by molar-refractivity contribution is 5.74. The Labute approximate surface area is 159 Å². The van der Waals surface area contributed by atoms with Crippen molar-refractivity contribution in [1.82, 2.24) is 20.4 Å². The normalized spacial score (nSPS) is 20.6. The van der Waals surface area contributed by atoms with Crippen LogP contribution in [0.2, 0.25) is 0 Å². The molecule has 0 bridgehead atoms. The number of nitrogens with one attached hydrogen (secondary N) is 1. The molecule has 2 amide bonds. The van der Waals surface area contributed by atoms with Crippen molar-refractivity contribution in [1.29, 1.82) is 0 Å². The Kier molecular flexibility index (Phi) is 5.27. The summed E-state index contributed by atoms with van der Waals surface area (Å²) in [6, 6.07) is 8.05. The van der Waals surface area contributed by atoms with E-state index in [1.54, 1.807) is 6.92 Å². The molecule has 27 heavy (non-hydrogen) atoms. The quantitative estimate of drug-likeness (QED) is 0.890. The molecule has 2 heterocycles. The first-order valence-corrected chi connectivity index (χ1v) is 9.80. The molecule has 7 nitrogen and oxygen atoms in total. The molecule has 144 valence electrons. The van der Waals surface area contributed by atoms with Crippen molar-refractivity contribution in [3.8, 4) is 17.1 Å². The van der Waals surface area contributed by atoms with Crippen molar-refractivity contribution in [2.45, 2.75) is 57.6 Å². The Morgan fingerprint density at radius 1 is 1.19 bits per heavy atom. The van der Waals surface area contributed by atoms with Crippen molar-refractivity contribution in [3.05, 3.63) is 30.2 Å². The summed E-state index contributed by atoms with van der Waals surface area (Å²) in [7, 11) is 0. The van der Waals surface area contributed by atoms with E-state index in [1.807, 2.05) is 29.2 Å². The molecular weight excluding hydrogens is 344 g/mol. The summed E-state index contributed by atoms with van der Waals surface area (Å²) in [5, 5.41) is 7.10. The SMILES string of the molecule is Cc1nc(-c2ccc(OC3CCN(C(=O)NC4CCCCC4)C3)cc2)no1. The number of nitrogens with zero attached hydrogens (tertiary/aromatic N) is 3. The molecule has 2 aromatic rings. The molecule has 4 rings (SSSR count). The summed E-state index contributed by atoms with van der Waals surface area (Å²) in [5.41, 5.74) is 0.888. The number of urea groups is 1. The molecule has 1 aromatic heterocycles. The molecule has 2 fully saturated rings. The van der Waals surface area contributed by atoms with E-state index in [-0.39, 0.29) is 12.1 Å². The van der Waals surface area contributed by atoms with E-state index in [0.717, 1.165) is 37.1 Å². The number of carbonyl (C=O) groups is 1. The van der Waals surface area contributed by atoms with Gasteiger partial charge in [0.1, 0.15) is 11.9 Å². The van der Waals surface area contributed by atoms with Crippen LogP contribution >= 0.6 is 0 Å². The Morgan fingerprint density at radius 2 is 1.96 bits per heavy atom. The molecule has 7 heteroatoms. The van der Waals surface area contributed by atoms with Crippen molar-refractivity contribution in [2.75, 3.05) is 13.1 Å². The molecule has 1 unspecified atom stereocenters. The molecule has 1 saturated heterocycles. The average Bonchev–Trinajstić information content (AvgIpc) is 3.32. The highest BCUT2D eigenvalue weighted by Gasteiger charge is 2.29. The van der Waals surface area contributed by atoms with Gasteiger partial charge in [-0.1, -0.05) is 24.4 Å². The van der Waals surface area contributed by atoms with Crippen LogP contribution in [0.3, 0.4) is 0 Å². The highest BCUT2D eigenvalue weighted by Crippen LogP contribution is 2.23. The van der Waals surface area contributed by atoms with Gasteiger partial charge in [-0.3, -0.25) is 0 Å². The summed E-state index contributed by atoms with van der Waals surface area (Å²) in [5.74, 6) is 1.91. The van der Waals surface area contributed by atoms with E-state index in [0.29, 0.717) is 24.3 Å². The summed E-state index contributed by atoms with van der Waals surface area (Å²) in [6.45, 7) is 3.14. The summed E-state index contributed by atoms with van der Waals surface area (Å²) in [6.07, 6.45) is 6.81. The standard InChI is InChI=1S/C20H26N4O3/c1-14-21-19(23-27-14)15-7-9-17(10-8-15)26-18-11-12-24(13-18)20(25)22-16-5-3-2-4-6-16/h7-10,16,18H,2-6,11-13H2,1H3,(H,22,25). The zero-order valence-corrected chi connectivity index (χ0v) is 15.7. The summed E-state index contributed by atoms with van der Waals surface area (Å²) in [4.78, 5) is 18.5. The third kappa shape index (κ3) is 4.40. The maximum Gasteiger partial charge on any atom is 0.317 e. The number of rotatable bonds is 4. The number of amides is 2. The van der Waals surface area contributed by atoms with Crippen LogP contribution in [0.1, 0.15) is 44.4 Å². The van der Waals surface area contributed by atoms with Crippen LogP contribution in [0.25, 0.3) is 11.4 Å². The number of aromatic nitrogens is 2. The Hall–Kier alpha value is -2.57. The molecule has 1 aromatic carbocycles. The average molecular weight is 370 g/mol. The van der Waals surface area contributed by atoms with E-state index < -0.39 is 0 Å². The topological polar surface area (TPSA) is 80.5 Å². The van der Waals surface area contributed by atoms with E-state index in [4.69, 9.17) is 9.26 Å². The lowest BCUT2D eigenvalue weighted by atomic mass is 9.96. The fourth-order valence-electron chi connectivity index (χ4n) is 3.81. The molecule has 1 aliphatic carbocycles. The summed E-state index contributed by atoms with van der Waals surface area (Å²) >= 11 is 0. The minimum absolute atomic E-state index is 0.0281. The smallest absolute Gasteiger partial charge is 0.317 e. The number of aryl methyl sites for hydroxylation is 1. The molecule has 1 atom stereocenters. The maximum absolute atomic E-state index is 12.5. The van der Waals surface area contributed by atoms with Crippen molar-refractivity contribution in [3.63, 3.8) is 0 Å². The van der Waals surface area contributed by atoms with Crippen molar-refractivity contribution < 1.29 is 14.1 Å². The lowest BCUT2D eigenvalue weighted by molar-refractivity contribution is 0.182. The van der Waals surface area contributed by atoms with Crippen LogP contribution in [-0.2, 0) is 0 Å². The Balaban J connectivity index is 1.28. The number of ether oxygens (including phenoxy) is 1. The van der Waals surface area contributed by atoms with Crippen LogP contribution < -0.4 is 10.1 Å². The van der Waals surface area contributed by atoms with Gasteiger partial charge in [0.2, 0.25) is 11.7 Å². The van der Waals surface area contributed by atoms with Crippen molar-refractivity contribution >= 4 is 6.03 Å². The molecule has 0 radical (unpaired) electrons. The van der Waals surface area contributed by atoms with Crippen LogP contribution in [0.4, 0.5) is 4.79 Å². The van der Waals surface area contributed by atoms with Crippen molar-refractivity contribution in [2.24, 2.45) is 0 Å². The third-order valence-electron chi connectivity index (χ3n) is 5.31. The predicted molar refractivity (Wildman–Crippen MR) is 100 cm³/mol. The van der Waals surface area contributed by atoms with Gasteiger partial charge in [0.25, 0.3) is 0 Å². The van der Waals surface area contributed by atoms with Gasteiger partial charge in [-0.15, -0.1) is 0 Å². The predicted octanol–water partition coefficient (Wildman–Crippen LogP) is 3.54. The first kappa shape index (κ1) is 17.8. The number of likely N-dealkylation sites (tertiary alicyclic amines) is 1. The molecule has 2 aliphatic rings. The first-order chi connectivity index (χ1) is 13.2. The van der Waals surface area contributed by atoms with Gasteiger partial charge < -0.3 is 19.5 Å². The van der Waals surface area contributed by atoms with Crippen LogP contribution in [0.5, 0.6) is 5.75 Å². The number of hydrogen-bond acceptors (Lipinski definition) is 5. The monoisotopic (exact) mass is 370 g/mol. The zero-order chi connectivity index (χ0) is 18.6. The van der Waals surface area contributed by atoms with E-state index in [1.165, 1.54) is 19.3 Å². The van der Waals surface area contributed by atoms with Crippen LogP contribution in [-0.4, -0.2) is 46.3 Å². The van der Waals surface area contributed by atoms with E-state index in [9.17, 15) is 4.79 Å². The van der Waals surface area contributed by atoms with E-state index >= 15 is 0 Å². The lowest BCUT2D eigenvalue weighted by Crippen LogP contribution is -2.45. The second-order valence-electron chi connectivity index (χ2n) is 7.42. The zero-order valence-electron chi connectivity index (χ0n) is 15.7. The number of carbonyl (C=O) groups excluding carboxylic acids is 1. The van der Waals surface area contributed by atoms with Crippen LogP contribution in [0.15, 0.2) is 28.8 Å². The van der Waals surface area contributed by atoms with Gasteiger partial charge in [-0.2, -0.15) is 4.98 Å². The van der Waals surface area contributed by atoms with Gasteiger partial charge >= 0.3 is 6.03 Å². The van der Waals surface area contributed by atoms with Gasteiger partial charge in [0.15, 0.2) is 0 Å². The Bertz CT molecular complexity index is 768. The third-order valence-corrected chi connectivity index (χ3v) is 5.31. The first-order valence-electron chi connectivity index (χ1n) is 9.80. The van der Waals surface area contributed by atoms with Gasteiger partial charge in [0.05, 0.1) is 6.54 Å². The maximum atomic E-state index is 12.5. The molecule has 0 spiro atoms. The fraction of sp³-hybridized carbons (Fsp3) is 0.550. The van der Waals surface area contributed by atoms with Crippen LogP contribution in [0, 0.1) is 6.92 Å². The fourth-order valence-corrected chi connectivity index (χ4v) is 3.81. The minimum atomic E-state index is 0.0281. The number of hydrogen-bond donors (Lipinski definition) is 1. The minimum Gasteiger partial charge on any atom is -0.489 e. The van der Waals surface area contributed by atoms with E-state index in [2.05, 4.69) is 15.5 Å². The molecule has 1 aliphatic heterocycles.